The summed E-state index contributed by atoms with van der Waals surface area (Å²) in [5.41, 5.74) is 4.36. The number of benzene rings is 3. The Kier molecular flexibility index (Phi) is 4.14. The number of amides is 2. The Hall–Kier alpha value is -3.93. The average Bonchev–Trinajstić information content (AvgIpc) is 2.71. The van der Waals surface area contributed by atoms with E-state index in [2.05, 4.69) is 10.9 Å². The maximum atomic E-state index is 12.4. The summed E-state index contributed by atoms with van der Waals surface area (Å²) in [6, 6.07) is 21.0. The van der Waals surface area contributed by atoms with Gasteiger partial charge in [-0.25, -0.2) is 4.79 Å². The van der Waals surface area contributed by atoms with Gasteiger partial charge in [0.05, 0.1) is 0 Å². The fourth-order valence-electron chi connectivity index (χ4n) is 2.87. The smallest absolute Gasteiger partial charge is 0.349 e. The molecule has 0 atom stereocenters. The number of carbonyl (C=O) groups is 2. The SMILES string of the molecule is O=C(NNC(=O)c1cc2c(ccc3ccccc32)oc1=O)c1ccccc1. The number of nitrogens with one attached hydrogen (secondary N) is 2. The average molecular weight is 358 g/mol. The Bertz CT molecular complexity index is 1230. The van der Waals surface area contributed by atoms with Gasteiger partial charge < -0.3 is 4.42 Å². The van der Waals surface area contributed by atoms with Gasteiger partial charge in [-0.05, 0) is 35.0 Å². The molecule has 2 N–H and O–H groups in total. The number of fused-ring (bicyclic) bond motifs is 3. The standard InChI is InChI=1S/C21H14N2O4/c24-19(14-7-2-1-3-8-14)22-23-20(25)17-12-16-15-9-5-4-6-13(15)10-11-18(16)27-21(17)26/h1-12H,(H,22,24)(H,23,25). The lowest BCUT2D eigenvalue weighted by atomic mass is 10.0. The van der Waals surface area contributed by atoms with Crippen LogP contribution in [0.25, 0.3) is 21.7 Å². The van der Waals surface area contributed by atoms with E-state index in [-0.39, 0.29) is 5.56 Å². The van der Waals surface area contributed by atoms with Crippen LogP contribution in [-0.2, 0) is 0 Å². The molecule has 0 fully saturated rings. The molecule has 1 heterocycles. The first-order valence-electron chi connectivity index (χ1n) is 8.25. The van der Waals surface area contributed by atoms with Crippen molar-refractivity contribution in [3.05, 3.63) is 94.3 Å². The third-order valence-electron chi connectivity index (χ3n) is 4.21. The van der Waals surface area contributed by atoms with Crippen LogP contribution in [-0.4, -0.2) is 11.8 Å². The Labute approximate surface area is 153 Å². The zero-order valence-electron chi connectivity index (χ0n) is 14.1. The number of hydrazine groups is 1. The lowest BCUT2D eigenvalue weighted by molar-refractivity contribution is 0.0844. The third kappa shape index (κ3) is 3.16. The Morgan fingerprint density at radius 1 is 0.741 bits per heavy atom. The van der Waals surface area contributed by atoms with Crippen molar-refractivity contribution in [1.29, 1.82) is 0 Å². The molecule has 27 heavy (non-hydrogen) atoms. The molecule has 0 aliphatic rings. The summed E-state index contributed by atoms with van der Waals surface area (Å²) in [4.78, 5) is 36.6. The second-order valence-electron chi connectivity index (χ2n) is 5.92. The molecule has 0 aliphatic carbocycles. The van der Waals surface area contributed by atoms with Crippen LogP contribution >= 0.6 is 0 Å². The molecule has 0 bridgehead atoms. The second kappa shape index (κ2) is 6.76. The van der Waals surface area contributed by atoms with Crippen LogP contribution in [0.4, 0.5) is 0 Å². The van der Waals surface area contributed by atoms with Gasteiger partial charge in [0.25, 0.3) is 11.8 Å². The van der Waals surface area contributed by atoms with E-state index in [9.17, 15) is 14.4 Å². The van der Waals surface area contributed by atoms with E-state index in [1.807, 2.05) is 30.3 Å². The van der Waals surface area contributed by atoms with Gasteiger partial charge in [0.2, 0.25) is 0 Å². The molecular formula is C21H14N2O4. The van der Waals surface area contributed by atoms with Crippen LogP contribution < -0.4 is 16.5 Å². The van der Waals surface area contributed by atoms with E-state index in [4.69, 9.17) is 4.42 Å². The highest BCUT2D eigenvalue weighted by atomic mass is 16.4. The Balaban J connectivity index is 1.65. The first-order chi connectivity index (χ1) is 13.1. The van der Waals surface area contributed by atoms with E-state index in [0.717, 1.165) is 10.8 Å². The Morgan fingerprint density at radius 3 is 2.26 bits per heavy atom. The summed E-state index contributed by atoms with van der Waals surface area (Å²) >= 11 is 0. The highest BCUT2D eigenvalue weighted by Crippen LogP contribution is 2.24. The lowest BCUT2D eigenvalue weighted by Gasteiger charge is -2.08. The predicted octanol–water partition coefficient (Wildman–Crippen LogP) is 3.02. The highest BCUT2D eigenvalue weighted by molar-refractivity contribution is 6.08. The number of hydrogen-bond donors (Lipinski definition) is 2. The molecule has 0 radical (unpaired) electrons. The number of hydrogen-bond acceptors (Lipinski definition) is 4. The van der Waals surface area contributed by atoms with Gasteiger partial charge in [-0.1, -0.05) is 48.5 Å². The van der Waals surface area contributed by atoms with Crippen LogP contribution in [0.1, 0.15) is 20.7 Å². The van der Waals surface area contributed by atoms with E-state index in [1.54, 1.807) is 36.4 Å². The monoisotopic (exact) mass is 358 g/mol. The number of carbonyl (C=O) groups excluding carboxylic acids is 2. The molecule has 2 amide bonds. The zero-order chi connectivity index (χ0) is 18.8. The maximum Gasteiger partial charge on any atom is 0.349 e. The molecule has 6 heteroatoms. The van der Waals surface area contributed by atoms with Gasteiger partial charge in [-0.15, -0.1) is 0 Å². The predicted molar refractivity (Wildman–Crippen MR) is 101 cm³/mol. The summed E-state index contributed by atoms with van der Waals surface area (Å²) in [7, 11) is 0. The topological polar surface area (TPSA) is 88.4 Å². The van der Waals surface area contributed by atoms with Crippen molar-refractivity contribution in [2.24, 2.45) is 0 Å². The fraction of sp³-hybridized carbons (Fsp3) is 0. The van der Waals surface area contributed by atoms with Gasteiger partial charge in [0.1, 0.15) is 11.1 Å². The molecular weight excluding hydrogens is 344 g/mol. The molecule has 0 saturated heterocycles. The van der Waals surface area contributed by atoms with Crippen molar-refractivity contribution < 1.29 is 14.0 Å². The van der Waals surface area contributed by atoms with Crippen LogP contribution in [0, 0.1) is 0 Å². The minimum Gasteiger partial charge on any atom is -0.422 e. The molecule has 4 rings (SSSR count). The van der Waals surface area contributed by atoms with E-state index in [0.29, 0.717) is 16.5 Å². The van der Waals surface area contributed by atoms with Crippen molar-refractivity contribution >= 4 is 33.6 Å². The molecule has 6 nitrogen and oxygen atoms in total. The summed E-state index contributed by atoms with van der Waals surface area (Å²) in [6.45, 7) is 0. The molecule has 132 valence electrons. The summed E-state index contributed by atoms with van der Waals surface area (Å²) in [6.07, 6.45) is 0. The third-order valence-corrected chi connectivity index (χ3v) is 4.21. The van der Waals surface area contributed by atoms with Crippen LogP contribution in [0.2, 0.25) is 0 Å². The van der Waals surface area contributed by atoms with Crippen LogP contribution in [0.5, 0.6) is 0 Å². The Morgan fingerprint density at radius 2 is 1.44 bits per heavy atom. The van der Waals surface area contributed by atoms with Gasteiger partial charge in [0, 0.05) is 10.9 Å². The zero-order valence-corrected chi connectivity index (χ0v) is 14.1. The second-order valence-corrected chi connectivity index (χ2v) is 5.92. The number of rotatable bonds is 2. The van der Waals surface area contributed by atoms with Gasteiger partial charge >= 0.3 is 5.63 Å². The van der Waals surface area contributed by atoms with Crippen molar-refractivity contribution in [3.8, 4) is 0 Å². The summed E-state index contributed by atoms with van der Waals surface area (Å²) < 4.78 is 5.28. The largest absolute Gasteiger partial charge is 0.422 e. The quantitative estimate of drug-likeness (QED) is 0.327. The first kappa shape index (κ1) is 16.5. The fourth-order valence-corrected chi connectivity index (χ4v) is 2.87. The van der Waals surface area contributed by atoms with Crippen molar-refractivity contribution in [2.75, 3.05) is 0 Å². The minimum atomic E-state index is -0.774. The van der Waals surface area contributed by atoms with Crippen molar-refractivity contribution in [1.82, 2.24) is 10.9 Å². The summed E-state index contributed by atoms with van der Waals surface area (Å²) in [5.74, 6) is -1.23. The van der Waals surface area contributed by atoms with Crippen molar-refractivity contribution in [3.63, 3.8) is 0 Å². The lowest BCUT2D eigenvalue weighted by Crippen LogP contribution is -2.43. The molecule has 1 aromatic heterocycles. The normalized spacial score (nSPS) is 10.7. The molecule has 0 unspecified atom stereocenters. The van der Waals surface area contributed by atoms with Crippen LogP contribution in [0.3, 0.4) is 0 Å². The van der Waals surface area contributed by atoms with Gasteiger partial charge in [-0.2, -0.15) is 0 Å². The molecule has 0 saturated carbocycles. The molecule has 3 aromatic carbocycles. The highest BCUT2D eigenvalue weighted by Gasteiger charge is 2.16. The maximum absolute atomic E-state index is 12.4. The van der Waals surface area contributed by atoms with E-state index >= 15 is 0 Å². The van der Waals surface area contributed by atoms with Gasteiger partial charge in [-0.3, -0.25) is 20.4 Å². The first-order valence-corrected chi connectivity index (χ1v) is 8.25. The van der Waals surface area contributed by atoms with E-state index < -0.39 is 17.4 Å². The van der Waals surface area contributed by atoms with E-state index in [1.165, 1.54) is 6.07 Å². The minimum absolute atomic E-state index is 0.188. The molecule has 0 aliphatic heterocycles. The van der Waals surface area contributed by atoms with Crippen LogP contribution in [0.15, 0.2) is 82.0 Å². The van der Waals surface area contributed by atoms with Gasteiger partial charge in [0.15, 0.2) is 0 Å². The molecule has 4 aromatic rings. The molecule has 0 spiro atoms. The summed E-state index contributed by atoms with van der Waals surface area (Å²) in [5, 5.41) is 2.47. The van der Waals surface area contributed by atoms with Crippen molar-refractivity contribution in [2.45, 2.75) is 0 Å².